The van der Waals surface area contributed by atoms with Crippen molar-refractivity contribution in [1.82, 2.24) is 5.32 Å². The van der Waals surface area contributed by atoms with E-state index in [-0.39, 0.29) is 0 Å². The van der Waals surface area contributed by atoms with E-state index in [4.69, 9.17) is 4.99 Å². The molecule has 1 heterocycles. The summed E-state index contributed by atoms with van der Waals surface area (Å²) in [4.78, 5) is 6.49. The molecular formula is C34H40N4S. The highest BCUT2D eigenvalue weighted by Gasteiger charge is 2.10. The zero-order valence-corrected chi connectivity index (χ0v) is 24.2. The number of rotatable bonds is 13. The lowest BCUT2D eigenvalue weighted by Crippen LogP contribution is -2.12. The standard InChI is InChI=1S/C34H40N4S/c1-4-6-15-29-16-7-8-20-33(29)38-34(37-31-18-9-13-27(22-31)12-5-2)26(3)36-30-17-10-14-28(23-30)24-35-25-32-19-11-21-39-32/h7-11,13-23,35-37H,4-6,12,24-25H2,1-3H3/b29-15+,34-26+,38-33-. The molecule has 1 aliphatic rings. The van der Waals surface area contributed by atoms with Crippen LogP contribution in [0.3, 0.4) is 0 Å². The van der Waals surface area contributed by atoms with E-state index in [1.807, 2.05) is 0 Å². The van der Waals surface area contributed by atoms with E-state index in [0.29, 0.717) is 0 Å². The molecule has 0 bridgehead atoms. The van der Waals surface area contributed by atoms with Crippen LogP contribution in [0.25, 0.3) is 0 Å². The van der Waals surface area contributed by atoms with E-state index in [0.717, 1.165) is 73.0 Å². The molecule has 4 nitrogen and oxygen atoms in total. The van der Waals surface area contributed by atoms with Gasteiger partial charge in [0.1, 0.15) is 5.82 Å². The maximum atomic E-state index is 5.14. The number of aryl methyl sites for hydroxylation is 1. The first-order valence-electron chi connectivity index (χ1n) is 13.9. The van der Waals surface area contributed by atoms with Crippen LogP contribution in [0.1, 0.15) is 56.0 Å². The summed E-state index contributed by atoms with van der Waals surface area (Å²) in [6.45, 7) is 8.20. The summed E-state index contributed by atoms with van der Waals surface area (Å²) in [6.07, 6.45) is 15.0. The Bertz CT molecular complexity index is 1360. The first-order valence-corrected chi connectivity index (χ1v) is 14.8. The van der Waals surface area contributed by atoms with Crippen LogP contribution in [-0.2, 0) is 19.5 Å². The van der Waals surface area contributed by atoms with Gasteiger partial charge in [0.05, 0.1) is 11.4 Å². The second-order valence-electron chi connectivity index (χ2n) is 9.72. The molecule has 39 heavy (non-hydrogen) atoms. The van der Waals surface area contributed by atoms with E-state index in [9.17, 15) is 0 Å². The summed E-state index contributed by atoms with van der Waals surface area (Å²) < 4.78 is 0. The SMILES string of the molecule is CCC\C=C1/C=CC=C/C1=N/C(Nc1cccc(CCC)c1)=C(\C)Nc1cccc(CNCc2cccs2)c1. The average molecular weight is 537 g/mol. The van der Waals surface area contributed by atoms with Gasteiger partial charge < -0.3 is 16.0 Å². The third-order valence-electron chi connectivity index (χ3n) is 6.37. The molecule has 0 saturated carbocycles. The van der Waals surface area contributed by atoms with Crippen LogP contribution in [0.5, 0.6) is 0 Å². The van der Waals surface area contributed by atoms with E-state index in [1.54, 1.807) is 11.3 Å². The molecule has 0 atom stereocenters. The summed E-state index contributed by atoms with van der Waals surface area (Å²) in [7, 11) is 0. The Kier molecular flexibility index (Phi) is 10.9. The Morgan fingerprint density at radius 1 is 0.846 bits per heavy atom. The molecule has 202 valence electrons. The van der Waals surface area contributed by atoms with Gasteiger partial charge in [-0.2, -0.15) is 0 Å². The summed E-state index contributed by atoms with van der Waals surface area (Å²) in [6, 6.07) is 21.5. The monoisotopic (exact) mass is 536 g/mol. The van der Waals surface area contributed by atoms with E-state index in [2.05, 4.69) is 133 Å². The van der Waals surface area contributed by atoms with Crippen molar-refractivity contribution in [2.45, 2.75) is 59.5 Å². The van der Waals surface area contributed by atoms with Crippen LogP contribution in [0, 0.1) is 0 Å². The minimum absolute atomic E-state index is 0.808. The number of thiophene rings is 1. The first kappa shape index (κ1) is 28.3. The third-order valence-corrected chi connectivity index (χ3v) is 7.25. The van der Waals surface area contributed by atoms with Crippen LogP contribution >= 0.6 is 11.3 Å². The fourth-order valence-corrected chi connectivity index (χ4v) is 5.07. The van der Waals surface area contributed by atoms with Gasteiger partial charge in [-0.15, -0.1) is 11.3 Å². The molecule has 3 N–H and O–H groups in total. The van der Waals surface area contributed by atoms with Gasteiger partial charge >= 0.3 is 0 Å². The molecule has 5 heteroatoms. The normalized spacial score (nSPS) is 15.6. The maximum Gasteiger partial charge on any atom is 0.150 e. The summed E-state index contributed by atoms with van der Waals surface area (Å²) in [5, 5.41) is 12.9. The lowest BCUT2D eigenvalue weighted by molar-refractivity contribution is 0.701. The largest absolute Gasteiger partial charge is 0.356 e. The van der Waals surface area contributed by atoms with Gasteiger partial charge in [-0.25, -0.2) is 4.99 Å². The van der Waals surface area contributed by atoms with Crippen molar-refractivity contribution in [3.8, 4) is 0 Å². The molecule has 0 unspecified atom stereocenters. The van der Waals surface area contributed by atoms with Crippen molar-refractivity contribution in [2.75, 3.05) is 10.6 Å². The van der Waals surface area contributed by atoms with Crippen molar-refractivity contribution in [2.24, 2.45) is 4.99 Å². The van der Waals surface area contributed by atoms with Gasteiger partial charge in [-0.05, 0) is 78.3 Å². The quantitative estimate of drug-likeness (QED) is 0.204. The van der Waals surface area contributed by atoms with Crippen LogP contribution in [0.15, 0.2) is 119 Å². The summed E-state index contributed by atoms with van der Waals surface area (Å²) in [5.41, 5.74) is 7.74. The molecule has 1 aliphatic carbocycles. The minimum atomic E-state index is 0.808. The number of hydrogen-bond donors (Lipinski definition) is 3. The van der Waals surface area contributed by atoms with E-state index in [1.165, 1.54) is 16.0 Å². The molecule has 0 aliphatic heterocycles. The van der Waals surface area contributed by atoms with Gasteiger partial charge in [0.25, 0.3) is 0 Å². The predicted octanol–water partition coefficient (Wildman–Crippen LogP) is 9.00. The topological polar surface area (TPSA) is 48.5 Å². The Morgan fingerprint density at radius 3 is 2.38 bits per heavy atom. The smallest absolute Gasteiger partial charge is 0.150 e. The molecule has 0 radical (unpaired) electrons. The van der Waals surface area contributed by atoms with Gasteiger partial charge in [-0.3, -0.25) is 0 Å². The second-order valence-corrected chi connectivity index (χ2v) is 10.8. The third kappa shape index (κ3) is 8.95. The van der Waals surface area contributed by atoms with Gasteiger partial charge in [0, 0.05) is 29.3 Å². The van der Waals surface area contributed by atoms with Crippen molar-refractivity contribution >= 4 is 28.4 Å². The summed E-state index contributed by atoms with van der Waals surface area (Å²) >= 11 is 1.78. The highest BCUT2D eigenvalue weighted by atomic mass is 32.1. The molecule has 4 rings (SSSR count). The lowest BCUT2D eigenvalue weighted by atomic mass is 10.0. The number of anilines is 2. The van der Waals surface area contributed by atoms with Crippen molar-refractivity contribution in [1.29, 1.82) is 0 Å². The Balaban J connectivity index is 1.59. The van der Waals surface area contributed by atoms with Gasteiger partial charge in [0.2, 0.25) is 0 Å². The second kappa shape index (κ2) is 15.1. The summed E-state index contributed by atoms with van der Waals surface area (Å²) in [5.74, 6) is 0.808. The number of unbranched alkanes of at least 4 members (excludes halogenated alkanes) is 1. The Morgan fingerprint density at radius 2 is 1.62 bits per heavy atom. The lowest BCUT2D eigenvalue weighted by Gasteiger charge is -2.16. The van der Waals surface area contributed by atoms with Crippen molar-refractivity contribution < 1.29 is 0 Å². The molecule has 0 fully saturated rings. The van der Waals surface area contributed by atoms with Crippen LogP contribution in [-0.4, -0.2) is 5.71 Å². The van der Waals surface area contributed by atoms with E-state index >= 15 is 0 Å². The molecule has 1 aromatic heterocycles. The average Bonchev–Trinajstić information content (AvgIpc) is 3.46. The number of nitrogens with one attached hydrogen (secondary N) is 3. The zero-order valence-electron chi connectivity index (χ0n) is 23.3. The Labute approximate surface area is 238 Å². The highest BCUT2D eigenvalue weighted by molar-refractivity contribution is 7.09. The van der Waals surface area contributed by atoms with Crippen LogP contribution < -0.4 is 16.0 Å². The number of nitrogens with zero attached hydrogens (tertiary/aromatic N) is 1. The molecular weight excluding hydrogens is 496 g/mol. The maximum absolute atomic E-state index is 5.14. The predicted molar refractivity (Wildman–Crippen MR) is 170 cm³/mol. The number of aliphatic imine (C=N–C) groups is 1. The van der Waals surface area contributed by atoms with Crippen LogP contribution in [0.4, 0.5) is 11.4 Å². The fourth-order valence-electron chi connectivity index (χ4n) is 4.40. The number of benzene rings is 2. The highest BCUT2D eigenvalue weighted by Crippen LogP contribution is 2.21. The zero-order chi connectivity index (χ0) is 27.3. The molecule has 3 aromatic rings. The van der Waals surface area contributed by atoms with Crippen LogP contribution in [0.2, 0.25) is 0 Å². The Hall–Kier alpha value is -3.67. The first-order chi connectivity index (χ1) is 19.1. The minimum Gasteiger partial charge on any atom is -0.356 e. The van der Waals surface area contributed by atoms with Crippen molar-refractivity contribution in [3.05, 3.63) is 130 Å². The van der Waals surface area contributed by atoms with Gasteiger partial charge in [-0.1, -0.05) is 81.3 Å². The molecule has 0 saturated heterocycles. The van der Waals surface area contributed by atoms with E-state index < -0.39 is 0 Å². The van der Waals surface area contributed by atoms with Gasteiger partial charge in [0.15, 0.2) is 0 Å². The fraction of sp³-hybridized carbons (Fsp3) is 0.265. The van der Waals surface area contributed by atoms with Crippen molar-refractivity contribution in [3.63, 3.8) is 0 Å². The number of hydrogen-bond acceptors (Lipinski definition) is 5. The molecule has 0 spiro atoms. The molecule has 0 amide bonds. The molecule has 2 aromatic carbocycles. The number of allylic oxidation sites excluding steroid dienone is 7.